The van der Waals surface area contributed by atoms with E-state index in [1.165, 1.54) is 0 Å². The van der Waals surface area contributed by atoms with Crippen LogP contribution in [0, 0.1) is 10.5 Å². The summed E-state index contributed by atoms with van der Waals surface area (Å²) < 4.78 is 0.859. The maximum absolute atomic E-state index is 12.8. The van der Waals surface area contributed by atoms with Gasteiger partial charge in [0.2, 0.25) is 5.91 Å². The monoisotopic (exact) mass is 583 g/mol. The Morgan fingerprint density at radius 2 is 1.63 bits per heavy atom. The van der Waals surface area contributed by atoms with Gasteiger partial charge in [-0.15, -0.1) is 0 Å². The number of halogens is 1. The molecule has 0 unspecified atom stereocenters. The van der Waals surface area contributed by atoms with Crippen molar-refractivity contribution in [3.05, 3.63) is 81.1 Å². The van der Waals surface area contributed by atoms with Crippen molar-refractivity contribution in [2.24, 2.45) is 0 Å². The Morgan fingerprint density at radius 3 is 2.29 bits per heavy atom. The first-order valence-corrected chi connectivity index (χ1v) is 12.3. The van der Waals surface area contributed by atoms with Gasteiger partial charge in [0, 0.05) is 54.1 Å². The Kier molecular flexibility index (Phi) is 7.64. The number of piperazine rings is 1. The van der Waals surface area contributed by atoms with Crippen molar-refractivity contribution in [1.82, 2.24) is 9.88 Å². The van der Waals surface area contributed by atoms with Crippen LogP contribution in [0.5, 0.6) is 0 Å². The molecule has 180 valence electrons. The zero-order valence-electron chi connectivity index (χ0n) is 19.5. The van der Waals surface area contributed by atoms with E-state index in [9.17, 15) is 14.4 Å². The third kappa shape index (κ3) is 6.16. The Hall–Kier alpha value is -3.47. The molecule has 2 heterocycles. The number of nitrogens with zero attached hydrogens (tertiary/aromatic N) is 3. The number of nitrogens with one attached hydrogen (secondary N) is 2. The van der Waals surface area contributed by atoms with Crippen molar-refractivity contribution in [3.63, 3.8) is 0 Å². The normalized spacial score (nSPS) is 13.3. The highest BCUT2D eigenvalue weighted by molar-refractivity contribution is 14.1. The van der Waals surface area contributed by atoms with Gasteiger partial charge in [-0.1, -0.05) is 17.7 Å². The standard InChI is InChI=1S/C26H26IN5O3/c1-17-4-3-5-19(14-17)25(34)30-23-15-21(7-8-22(23)27)29-26(35)20-6-9-24(28-16-20)32-12-10-31(11-13-32)18(2)33/h3-9,14-16H,10-13H2,1-2H3,(H,29,35)(H,30,34). The number of anilines is 3. The summed E-state index contributed by atoms with van der Waals surface area (Å²) in [6, 6.07) is 16.3. The van der Waals surface area contributed by atoms with Gasteiger partial charge in [-0.3, -0.25) is 14.4 Å². The summed E-state index contributed by atoms with van der Waals surface area (Å²) in [7, 11) is 0. The highest BCUT2D eigenvalue weighted by Crippen LogP contribution is 2.24. The lowest BCUT2D eigenvalue weighted by atomic mass is 10.1. The van der Waals surface area contributed by atoms with Crippen molar-refractivity contribution in [2.45, 2.75) is 13.8 Å². The fourth-order valence-electron chi connectivity index (χ4n) is 3.84. The molecule has 1 aliphatic heterocycles. The Morgan fingerprint density at radius 1 is 0.886 bits per heavy atom. The summed E-state index contributed by atoms with van der Waals surface area (Å²) in [6.45, 7) is 6.25. The third-order valence-corrected chi connectivity index (χ3v) is 6.75. The van der Waals surface area contributed by atoms with Gasteiger partial charge in [0.05, 0.1) is 11.3 Å². The number of hydrogen-bond donors (Lipinski definition) is 2. The Labute approximate surface area is 217 Å². The summed E-state index contributed by atoms with van der Waals surface area (Å²) in [4.78, 5) is 45.3. The number of aryl methyl sites for hydroxylation is 1. The maximum Gasteiger partial charge on any atom is 0.257 e. The van der Waals surface area contributed by atoms with Gasteiger partial charge in [-0.25, -0.2) is 4.98 Å². The molecule has 0 bridgehead atoms. The molecule has 1 aromatic heterocycles. The zero-order chi connectivity index (χ0) is 24.9. The SMILES string of the molecule is CC(=O)N1CCN(c2ccc(C(=O)Nc3ccc(I)c(NC(=O)c4cccc(C)c4)c3)cn2)CC1. The fraction of sp³-hybridized carbons (Fsp3) is 0.231. The van der Waals surface area contributed by atoms with Crippen LogP contribution in [0.1, 0.15) is 33.2 Å². The molecule has 4 rings (SSSR count). The maximum atomic E-state index is 12.8. The fourth-order valence-corrected chi connectivity index (χ4v) is 4.31. The molecule has 8 nitrogen and oxygen atoms in total. The van der Waals surface area contributed by atoms with Gasteiger partial charge in [0.1, 0.15) is 5.82 Å². The van der Waals surface area contributed by atoms with E-state index in [1.54, 1.807) is 37.4 Å². The van der Waals surface area contributed by atoms with Crippen LogP contribution in [0.4, 0.5) is 17.2 Å². The average molecular weight is 583 g/mol. The average Bonchev–Trinajstić information content (AvgIpc) is 2.86. The van der Waals surface area contributed by atoms with E-state index in [0.29, 0.717) is 48.7 Å². The predicted molar refractivity (Wildman–Crippen MR) is 145 cm³/mol. The lowest BCUT2D eigenvalue weighted by Crippen LogP contribution is -2.48. The molecular weight excluding hydrogens is 557 g/mol. The van der Waals surface area contributed by atoms with Crippen LogP contribution in [0.3, 0.4) is 0 Å². The first kappa shape index (κ1) is 24.6. The second-order valence-electron chi connectivity index (χ2n) is 8.37. The largest absolute Gasteiger partial charge is 0.353 e. The van der Waals surface area contributed by atoms with E-state index in [-0.39, 0.29) is 17.7 Å². The molecule has 0 aliphatic carbocycles. The van der Waals surface area contributed by atoms with E-state index in [1.807, 2.05) is 42.2 Å². The predicted octanol–water partition coefficient (Wildman–Crippen LogP) is 4.17. The molecule has 2 aromatic carbocycles. The molecule has 0 spiro atoms. The van der Waals surface area contributed by atoms with E-state index < -0.39 is 0 Å². The molecule has 3 aromatic rings. The zero-order valence-corrected chi connectivity index (χ0v) is 21.7. The minimum atomic E-state index is -0.289. The molecule has 0 atom stereocenters. The molecule has 1 aliphatic rings. The molecular formula is C26H26IN5O3. The number of amides is 3. The molecule has 0 saturated carbocycles. The second-order valence-corrected chi connectivity index (χ2v) is 9.53. The van der Waals surface area contributed by atoms with Gasteiger partial charge >= 0.3 is 0 Å². The number of aromatic nitrogens is 1. The number of carbonyl (C=O) groups is 3. The number of hydrogen-bond acceptors (Lipinski definition) is 5. The smallest absolute Gasteiger partial charge is 0.257 e. The van der Waals surface area contributed by atoms with Gasteiger partial charge in [0.25, 0.3) is 11.8 Å². The number of benzene rings is 2. The molecule has 3 amide bonds. The third-order valence-electron chi connectivity index (χ3n) is 5.81. The van der Waals surface area contributed by atoms with Crippen molar-refractivity contribution in [3.8, 4) is 0 Å². The van der Waals surface area contributed by atoms with Crippen LogP contribution in [0.2, 0.25) is 0 Å². The number of carbonyl (C=O) groups excluding carboxylic acids is 3. The summed E-state index contributed by atoms with van der Waals surface area (Å²) in [6.07, 6.45) is 1.55. The van der Waals surface area contributed by atoms with Crippen molar-refractivity contribution in [2.75, 3.05) is 41.7 Å². The van der Waals surface area contributed by atoms with Gasteiger partial charge < -0.3 is 20.4 Å². The molecule has 35 heavy (non-hydrogen) atoms. The highest BCUT2D eigenvalue weighted by atomic mass is 127. The van der Waals surface area contributed by atoms with E-state index in [0.717, 1.165) is 15.0 Å². The van der Waals surface area contributed by atoms with Crippen LogP contribution in [-0.4, -0.2) is 53.8 Å². The Balaban J connectivity index is 1.40. The summed E-state index contributed by atoms with van der Waals surface area (Å²) in [5.74, 6) is 0.361. The quantitative estimate of drug-likeness (QED) is 0.440. The van der Waals surface area contributed by atoms with Gasteiger partial charge in [-0.2, -0.15) is 0 Å². The molecule has 9 heteroatoms. The molecule has 0 radical (unpaired) electrons. The van der Waals surface area contributed by atoms with Crippen LogP contribution in [0.15, 0.2) is 60.8 Å². The lowest BCUT2D eigenvalue weighted by Gasteiger charge is -2.34. The highest BCUT2D eigenvalue weighted by Gasteiger charge is 2.20. The number of pyridine rings is 1. The molecule has 1 fully saturated rings. The van der Waals surface area contributed by atoms with Crippen molar-refractivity contribution in [1.29, 1.82) is 0 Å². The van der Waals surface area contributed by atoms with E-state index in [2.05, 4.69) is 43.1 Å². The number of rotatable bonds is 5. The Bertz CT molecular complexity index is 1250. The van der Waals surface area contributed by atoms with E-state index in [4.69, 9.17) is 0 Å². The lowest BCUT2D eigenvalue weighted by molar-refractivity contribution is -0.129. The topological polar surface area (TPSA) is 94.6 Å². The van der Waals surface area contributed by atoms with Gasteiger partial charge in [0.15, 0.2) is 0 Å². The summed E-state index contributed by atoms with van der Waals surface area (Å²) in [5.41, 5.74) is 3.20. The van der Waals surface area contributed by atoms with Crippen molar-refractivity contribution >= 4 is 57.5 Å². The molecule has 2 N–H and O–H groups in total. The second kappa shape index (κ2) is 10.9. The van der Waals surface area contributed by atoms with Crippen LogP contribution < -0.4 is 15.5 Å². The first-order chi connectivity index (χ1) is 16.8. The van der Waals surface area contributed by atoms with Crippen molar-refractivity contribution < 1.29 is 14.4 Å². The van der Waals surface area contributed by atoms with Crippen LogP contribution >= 0.6 is 22.6 Å². The van der Waals surface area contributed by atoms with Crippen LogP contribution in [-0.2, 0) is 4.79 Å². The van der Waals surface area contributed by atoms with E-state index >= 15 is 0 Å². The molecule has 1 saturated heterocycles. The summed E-state index contributed by atoms with van der Waals surface area (Å²) in [5, 5.41) is 5.79. The minimum absolute atomic E-state index is 0.0816. The van der Waals surface area contributed by atoms with Crippen LogP contribution in [0.25, 0.3) is 0 Å². The van der Waals surface area contributed by atoms with Gasteiger partial charge in [-0.05, 0) is 72.0 Å². The first-order valence-electron chi connectivity index (χ1n) is 11.3. The minimum Gasteiger partial charge on any atom is -0.353 e. The summed E-state index contributed by atoms with van der Waals surface area (Å²) >= 11 is 2.15.